The van der Waals surface area contributed by atoms with E-state index >= 15 is 0 Å². The van der Waals surface area contributed by atoms with Gasteiger partial charge in [0.2, 0.25) is 0 Å². The van der Waals surface area contributed by atoms with Crippen molar-refractivity contribution < 1.29 is 13.5 Å². The smallest absolute Gasteiger partial charge is 0.162 e. The molecule has 0 aromatic heterocycles. The van der Waals surface area contributed by atoms with Gasteiger partial charge in [0.1, 0.15) is 0 Å². The fourth-order valence-corrected chi connectivity index (χ4v) is 2.80. The quantitative estimate of drug-likeness (QED) is 0.871. The van der Waals surface area contributed by atoms with Crippen LogP contribution in [0.2, 0.25) is 0 Å². The van der Waals surface area contributed by atoms with Crippen LogP contribution in [0.3, 0.4) is 0 Å². The van der Waals surface area contributed by atoms with Gasteiger partial charge < -0.3 is 10.1 Å². The Hall–Kier alpha value is -1.04. The Morgan fingerprint density at radius 2 is 2.19 bits per heavy atom. The van der Waals surface area contributed by atoms with Gasteiger partial charge in [-0.1, -0.05) is 26.0 Å². The van der Waals surface area contributed by atoms with Crippen molar-refractivity contribution in [2.45, 2.75) is 32.4 Å². The summed E-state index contributed by atoms with van der Waals surface area (Å²) in [6.45, 7) is 8.32. The monoisotopic (exact) mass is 298 g/mol. The lowest BCUT2D eigenvalue weighted by atomic mass is 9.99. The molecule has 21 heavy (non-hydrogen) atoms. The molecule has 0 saturated carbocycles. The van der Waals surface area contributed by atoms with E-state index in [9.17, 15) is 8.78 Å². The molecule has 1 aromatic carbocycles. The first-order chi connectivity index (χ1) is 10.2. The predicted octanol–water partition coefficient (Wildman–Crippen LogP) is 2.21. The summed E-state index contributed by atoms with van der Waals surface area (Å²) in [5.41, 5.74) is 0.401. The van der Waals surface area contributed by atoms with Gasteiger partial charge in [0, 0.05) is 19.1 Å². The number of likely N-dealkylation sites (N-methyl/N-ethyl adjacent to an activating group) is 2. The highest BCUT2D eigenvalue weighted by molar-refractivity contribution is 5.20. The lowest BCUT2D eigenvalue weighted by Crippen LogP contribution is -2.53. The Morgan fingerprint density at radius 1 is 1.38 bits per heavy atom. The zero-order valence-corrected chi connectivity index (χ0v) is 12.7. The number of nitrogens with one attached hydrogen (secondary N) is 1. The molecule has 2 atom stereocenters. The summed E-state index contributed by atoms with van der Waals surface area (Å²) in [6, 6.07) is 4.33. The summed E-state index contributed by atoms with van der Waals surface area (Å²) >= 11 is 0. The van der Waals surface area contributed by atoms with Crippen molar-refractivity contribution in [2.24, 2.45) is 0 Å². The minimum absolute atomic E-state index is 0.00122. The third kappa shape index (κ3) is 4.22. The van der Waals surface area contributed by atoms with E-state index in [0.717, 1.165) is 32.2 Å². The number of rotatable bonds is 6. The molecule has 1 aliphatic rings. The van der Waals surface area contributed by atoms with Crippen molar-refractivity contribution in [3.63, 3.8) is 0 Å². The molecular formula is C16H24F2N2O. The maximum absolute atomic E-state index is 13.9. The first-order valence-corrected chi connectivity index (χ1v) is 7.65. The first kappa shape index (κ1) is 16.3. The van der Waals surface area contributed by atoms with Gasteiger partial charge in [-0.2, -0.15) is 0 Å². The van der Waals surface area contributed by atoms with E-state index in [1.807, 2.05) is 6.92 Å². The molecule has 0 bridgehead atoms. The van der Waals surface area contributed by atoms with Gasteiger partial charge in [-0.15, -0.1) is 0 Å². The van der Waals surface area contributed by atoms with E-state index in [-0.39, 0.29) is 12.1 Å². The second-order valence-electron chi connectivity index (χ2n) is 5.38. The Labute approximate surface area is 125 Å². The predicted molar refractivity (Wildman–Crippen MR) is 79.4 cm³/mol. The fourth-order valence-electron chi connectivity index (χ4n) is 2.80. The van der Waals surface area contributed by atoms with Crippen LogP contribution in [-0.2, 0) is 11.2 Å². The van der Waals surface area contributed by atoms with E-state index in [4.69, 9.17) is 4.74 Å². The van der Waals surface area contributed by atoms with E-state index in [2.05, 4.69) is 17.1 Å². The van der Waals surface area contributed by atoms with Crippen LogP contribution in [0.4, 0.5) is 8.78 Å². The molecule has 2 rings (SSSR count). The lowest BCUT2D eigenvalue weighted by molar-refractivity contribution is -0.0446. The number of ether oxygens (including phenoxy) is 1. The third-order valence-corrected chi connectivity index (χ3v) is 4.01. The first-order valence-electron chi connectivity index (χ1n) is 7.65. The van der Waals surface area contributed by atoms with Crippen molar-refractivity contribution in [3.05, 3.63) is 35.4 Å². The van der Waals surface area contributed by atoms with Crippen molar-refractivity contribution in [2.75, 3.05) is 32.8 Å². The minimum Gasteiger partial charge on any atom is -0.374 e. The second-order valence-corrected chi connectivity index (χ2v) is 5.38. The lowest BCUT2D eigenvalue weighted by Gasteiger charge is -2.37. The molecule has 118 valence electrons. The highest BCUT2D eigenvalue weighted by Crippen LogP contribution is 2.17. The largest absolute Gasteiger partial charge is 0.374 e. The Bertz CT molecular complexity index is 456. The van der Waals surface area contributed by atoms with Crippen molar-refractivity contribution in [1.29, 1.82) is 0 Å². The zero-order valence-electron chi connectivity index (χ0n) is 12.7. The van der Waals surface area contributed by atoms with E-state index < -0.39 is 11.6 Å². The SMILES string of the molecule is CCNC(Cc1cccc(F)c1F)C1CN(CC)CCO1. The summed E-state index contributed by atoms with van der Waals surface area (Å²) in [7, 11) is 0. The van der Waals surface area contributed by atoms with Gasteiger partial charge in [0.25, 0.3) is 0 Å². The summed E-state index contributed by atoms with van der Waals surface area (Å²) in [4.78, 5) is 2.32. The van der Waals surface area contributed by atoms with Gasteiger partial charge >= 0.3 is 0 Å². The van der Waals surface area contributed by atoms with E-state index in [1.165, 1.54) is 0 Å². The molecule has 0 radical (unpaired) electrons. The molecule has 0 amide bonds. The summed E-state index contributed by atoms with van der Waals surface area (Å²) in [5.74, 6) is -1.54. The molecule has 2 unspecified atom stereocenters. The maximum Gasteiger partial charge on any atom is 0.162 e. The van der Waals surface area contributed by atoms with Crippen LogP contribution in [0.5, 0.6) is 0 Å². The van der Waals surface area contributed by atoms with E-state index in [0.29, 0.717) is 18.6 Å². The van der Waals surface area contributed by atoms with Crippen molar-refractivity contribution in [3.8, 4) is 0 Å². The molecule has 0 aliphatic carbocycles. The number of halogens is 2. The highest BCUT2D eigenvalue weighted by Gasteiger charge is 2.28. The van der Waals surface area contributed by atoms with Gasteiger partial charge in [-0.05, 0) is 31.1 Å². The standard InChI is InChI=1S/C16H24F2N2O/c1-3-19-14(15-11-20(4-2)8-9-21-15)10-12-6-5-7-13(17)16(12)18/h5-7,14-15,19H,3-4,8-11H2,1-2H3. The number of hydrogen-bond acceptors (Lipinski definition) is 3. The fraction of sp³-hybridized carbons (Fsp3) is 0.625. The second kappa shape index (κ2) is 7.82. The number of morpholine rings is 1. The van der Waals surface area contributed by atoms with Crippen LogP contribution in [0, 0.1) is 11.6 Å². The Balaban J connectivity index is 2.09. The topological polar surface area (TPSA) is 24.5 Å². The molecule has 1 aromatic rings. The summed E-state index contributed by atoms with van der Waals surface area (Å²) in [6.07, 6.45) is 0.431. The van der Waals surface area contributed by atoms with Gasteiger partial charge in [-0.25, -0.2) is 8.78 Å². The zero-order chi connectivity index (χ0) is 15.2. The average molecular weight is 298 g/mol. The molecular weight excluding hydrogens is 274 g/mol. The molecule has 0 spiro atoms. The maximum atomic E-state index is 13.9. The van der Waals surface area contributed by atoms with E-state index in [1.54, 1.807) is 12.1 Å². The van der Waals surface area contributed by atoms with Crippen molar-refractivity contribution >= 4 is 0 Å². The van der Waals surface area contributed by atoms with Gasteiger partial charge in [-0.3, -0.25) is 4.90 Å². The summed E-state index contributed by atoms with van der Waals surface area (Å²) in [5, 5.41) is 3.35. The third-order valence-electron chi connectivity index (χ3n) is 4.01. The summed E-state index contributed by atoms with van der Waals surface area (Å²) < 4.78 is 33.0. The van der Waals surface area contributed by atoms with Crippen LogP contribution >= 0.6 is 0 Å². The molecule has 1 N–H and O–H groups in total. The molecule has 1 fully saturated rings. The van der Waals surface area contributed by atoms with Crippen LogP contribution in [0.25, 0.3) is 0 Å². The van der Waals surface area contributed by atoms with Crippen LogP contribution < -0.4 is 5.32 Å². The Kier molecular flexibility index (Phi) is 6.08. The molecule has 1 heterocycles. The normalized spacial score (nSPS) is 21.4. The van der Waals surface area contributed by atoms with Gasteiger partial charge in [0.15, 0.2) is 11.6 Å². The number of benzene rings is 1. The minimum atomic E-state index is -0.789. The molecule has 1 aliphatic heterocycles. The van der Waals surface area contributed by atoms with Crippen LogP contribution in [0.1, 0.15) is 19.4 Å². The number of nitrogens with zero attached hydrogens (tertiary/aromatic N) is 1. The molecule has 5 heteroatoms. The molecule has 3 nitrogen and oxygen atoms in total. The van der Waals surface area contributed by atoms with Crippen LogP contribution in [0.15, 0.2) is 18.2 Å². The average Bonchev–Trinajstić information content (AvgIpc) is 2.51. The van der Waals surface area contributed by atoms with Crippen molar-refractivity contribution in [1.82, 2.24) is 10.2 Å². The molecule has 1 saturated heterocycles. The highest BCUT2D eigenvalue weighted by atomic mass is 19.2. The van der Waals surface area contributed by atoms with Gasteiger partial charge in [0.05, 0.1) is 12.7 Å². The Morgan fingerprint density at radius 3 is 2.90 bits per heavy atom. The number of hydrogen-bond donors (Lipinski definition) is 1. The van der Waals surface area contributed by atoms with Crippen LogP contribution in [-0.4, -0.2) is 49.8 Å².